The summed E-state index contributed by atoms with van der Waals surface area (Å²) >= 11 is 0. The van der Waals surface area contributed by atoms with E-state index in [-0.39, 0.29) is 5.97 Å². The minimum absolute atomic E-state index is 0.0717. The van der Waals surface area contributed by atoms with Crippen molar-refractivity contribution >= 4 is 5.97 Å². The van der Waals surface area contributed by atoms with Crippen LogP contribution in [0.4, 0.5) is 0 Å². The van der Waals surface area contributed by atoms with Gasteiger partial charge in [0.2, 0.25) is 0 Å². The van der Waals surface area contributed by atoms with Gasteiger partial charge in [0.25, 0.3) is 0 Å². The van der Waals surface area contributed by atoms with Crippen LogP contribution in [0.2, 0.25) is 0 Å². The molecule has 0 bridgehead atoms. The van der Waals surface area contributed by atoms with Gasteiger partial charge in [-0.05, 0) is 19.3 Å². The summed E-state index contributed by atoms with van der Waals surface area (Å²) < 4.78 is 0. The molecule has 1 rings (SSSR count). The van der Waals surface area contributed by atoms with Crippen LogP contribution in [0, 0.1) is 0 Å². The summed E-state index contributed by atoms with van der Waals surface area (Å²) in [5.74, 6) is -0.0717. The molecule has 1 aliphatic rings. The van der Waals surface area contributed by atoms with Crippen LogP contribution in [0.3, 0.4) is 0 Å². The number of hydrogen-bond donors (Lipinski definition) is 1. The maximum atomic E-state index is 11.8. The topological polar surface area (TPSA) is 38.3 Å². The average Bonchev–Trinajstić information content (AvgIpc) is 2.80. The second-order valence-corrected chi connectivity index (χ2v) is 10.0. The zero-order valence-electron chi connectivity index (χ0n) is 21.1. The Morgan fingerprint density at radius 3 is 1.42 bits per heavy atom. The highest BCUT2D eigenvalue weighted by atomic mass is 16.7. The second-order valence-electron chi connectivity index (χ2n) is 10.0. The van der Waals surface area contributed by atoms with E-state index in [1.807, 2.05) is 0 Å². The lowest BCUT2D eigenvalue weighted by Gasteiger charge is -2.21. The van der Waals surface area contributed by atoms with Gasteiger partial charge in [0.05, 0.1) is 0 Å². The molecule has 1 aliphatic carbocycles. The van der Waals surface area contributed by atoms with Gasteiger partial charge in [0, 0.05) is 12.5 Å². The van der Waals surface area contributed by atoms with E-state index in [1.54, 1.807) is 0 Å². The highest BCUT2D eigenvalue weighted by Gasteiger charge is 2.14. The Balaban J connectivity index is 1.69. The van der Waals surface area contributed by atoms with Crippen molar-refractivity contribution in [1.29, 1.82) is 0 Å². The van der Waals surface area contributed by atoms with Crippen LogP contribution in [0.15, 0.2) is 0 Å². The van der Waals surface area contributed by atoms with Crippen molar-refractivity contribution in [1.82, 2.24) is 5.48 Å². The lowest BCUT2D eigenvalue weighted by Crippen LogP contribution is -2.33. The molecule has 0 heterocycles. The van der Waals surface area contributed by atoms with Crippen LogP contribution in [-0.2, 0) is 9.63 Å². The summed E-state index contributed by atoms with van der Waals surface area (Å²) in [7, 11) is 0. The molecule has 0 aromatic carbocycles. The molecule has 0 spiro atoms. The molecule has 0 atom stereocenters. The molecule has 0 radical (unpaired) electrons. The summed E-state index contributed by atoms with van der Waals surface area (Å²) in [5, 5.41) is 0. The Morgan fingerprint density at radius 2 is 1.00 bits per heavy atom. The van der Waals surface area contributed by atoms with Crippen LogP contribution in [0.1, 0.15) is 167 Å². The van der Waals surface area contributed by atoms with Crippen molar-refractivity contribution in [2.75, 3.05) is 0 Å². The van der Waals surface area contributed by atoms with Gasteiger partial charge in [-0.25, -0.2) is 0 Å². The number of carbonyl (C=O) groups excluding carboxylic acids is 1. The molecule has 0 aliphatic heterocycles. The monoisotopic (exact) mass is 437 g/mol. The van der Waals surface area contributed by atoms with Crippen LogP contribution < -0.4 is 5.48 Å². The van der Waals surface area contributed by atoms with E-state index in [0.717, 1.165) is 25.7 Å². The number of unbranched alkanes of at least 4 members (excludes halogenated alkanes) is 18. The van der Waals surface area contributed by atoms with Gasteiger partial charge in [-0.2, -0.15) is 5.48 Å². The number of carbonyl (C=O) groups is 1. The number of nitrogens with one attached hydrogen (secondary N) is 1. The molecule has 0 amide bonds. The first-order chi connectivity index (χ1) is 15.3. The van der Waals surface area contributed by atoms with Crippen LogP contribution >= 0.6 is 0 Å². The fraction of sp³-hybridized carbons (Fsp3) is 0.964. The molecule has 3 nitrogen and oxygen atoms in total. The largest absolute Gasteiger partial charge is 0.370 e. The standard InChI is InChI=1S/C28H55NO2/c1-2-3-4-5-6-7-8-9-10-11-12-13-14-15-16-17-18-19-23-26-28(30)31-29-27-24-21-20-22-25-27/h27,29H,2-26H2,1H3. The lowest BCUT2D eigenvalue weighted by atomic mass is 9.96. The number of hydrogen-bond acceptors (Lipinski definition) is 3. The Morgan fingerprint density at radius 1 is 0.613 bits per heavy atom. The van der Waals surface area contributed by atoms with Crippen molar-refractivity contribution in [2.45, 2.75) is 173 Å². The van der Waals surface area contributed by atoms with Crippen LogP contribution in [-0.4, -0.2) is 12.0 Å². The quantitative estimate of drug-likeness (QED) is 0.135. The van der Waals surface area contributed by atoms with Crippen molar-refractivity contribution in [3.8, 4) is 0 Å². The Kier molecular flexibility index (Phi) is 20.8. The molecule has 1 fully saturated rings. The lowest BCUT2D eigenvalue weighted by molar-refractivity contribution is -0.153. The van der Waals surface area contributed by atoms with Gasteiger partial charge in [-0.15, -0.1) is 0 Å². The average molecular weight is 438 g/mol. The fourth-order valence-corrected chi connectivity index (χ4v) is 4.77. The van der Waals surface area contributed by atoms with E-state index >= 15 is 0 Å². The maximum absolute atomic E-state index is 11.8. The molecule has 0 aromatic heterocycles. The van der Waals surface area contributed by atoms with Gasteiger partial charge >= 0.3 is 5.97 Å². The molecular weight excluding hydrogens is 382 g/mol. The van der Waals surface area contributed by atoms with Crippen molar-refractivity contribution in [2.24, 2.45) is 0 Å². The molecule has 0 aromatic rings. The first kappa shape index (κ1) is 28.5. The van der Waals surface area contributed by atoms with E-state index < -0.39 is 0 Å². The van der Waals surface area contributed by atoms with E-state index in [9.17, 15) is 4.79 Å². The normalized spacial score (nSPS) is 14.7. The SMILES string of the molecule is CCCCCCCCCCCCCCCCCCCCCC(=O)ONC1CCCCC1. The molecule has 1 N–H and O–H groups in total. The van der Waals surface area contributed by atoms with E-state index in [2.05, 4.69) is 12.4 Å². The predicted molar refractivity (Wildman–Crippen MR) is 134 cm³/mol. The molecule has 0 unspecified atom stereocenters. The zero-order chi connectivity index (χ0) is 22.2. The fourth-order valence-electron chi connectivity index (χ4n) is 4.77. The minimum Gasteiger partial charge on any atom is -0.370 e. The van der Waals surface area contributed by atoms with E-state index in [1.165, 1.54) is 128 Å². The molecule has 3 heteroatoms. The molecule has 31 heavy (non-hydrogen) atoms. The van der Waals surface area contributed by atoms with Crippen LogP contribution in [0.25, 0.3) is 0 Å². The van der Waals surface area contributed by atoms with Crippen molar-refractivity contribution < 1.29 is 9.63 Å². The Hall–Kier alpha value is -0.570. The van der Waals surface area contributed by atoms with Crippen molar-refractivity contribution in [3.05, 3.63) is 0 Å². The summed E-state index contributed by atoms with van der Waals surface area (Å²) in [4.78, 5) is 17.0. The third-order valence-electron chi connectivity index (χ3n) is 6.93. The molecule has 0 saturated heterocycles. The smallest absolute Gasteiger partial charge is 0.324 e. The first-order valence-corrected chi connectivity index (χ1v) is 14.3. The Bertz CT molecular complexity index is 379. The Labute approximate surface area is 194 Å². The summed E-state index contributed by atoms with van der Waals surface area (Å²) in [6, 6.07) is 0.391. The van der Waals surface area contributed by atoms with Gasteiger partial charge in [0.15, 0.2) is 0 Å². The summed E-state index contributed by atoms with van der Waals surface area (Å²) in [5.41, 5.74) is 2.98. The molecule has 184 valence electrons. The summed E-state index contributed by atoms with van der Waals surface area (Å²) in [6.07, 6.45) is 32.9. The minimum atomic E-state index is -0.0717. The maximum Gasteiger partial charge on any atom is 0.324 e. The molecular formula is C28H55NO2. The number of rotatable bonds is 22. The number of hydroxylamine groups is 1. The van der Waals surface area contributed by atoms with Gasteiger partial charge < -0.3 is 4.84 Å². The first-order valence-electron chi connectivity index (χ1n) is 14.3. The highest BCUT2D eigenvalue weighted by Crippen LogP contribution is 2.18. The van der Waals surface area contributed by atoms with Gasteiger partial charge in [-0.3, -0.25) is 4.79 Å². The van der Waals surface area contributed by atoms with E-state index in [4.69, 9.17) is 4.84 Å². The van der Waals surface area contributed by atoms with Gasteiger partial charge in [0.1, 0.15) is 0 Å². The van der Waals surface area contributed by atoms with Gasteiger partial charge in [-0.1, -0.05) is 142 Å². The van der Waals surface area contributed by atoms with Crippen LogP contribution in [0.5, 0.6) is 0 Å². The molecule has 1 saturated carbocycles. The zero-order valence-corrected chi connectivity index (χ0v) is 21.1. The third kappa shape index (κ3) is 19.8. The highest BCUT2D eigenvalue weighted by molar-refractivity contribution is 5.68. The predicted octanol–water partition coefficient (Wildman–Crippen LogP) is 9.19. The van der Waals surface area contributed by atoms with E-state index in [0.29, 0.717) is 12.5 Å². The second kappa shape index (κ2) is 22.6. The van der Waals surface area contributed by atoms with Crippen molar-refractivity contribution in [3.63, 3.8) is 0 Å². The summed E-state index contributed by atoms with van der Waals surface area (Å²) in [6.45, 7) is 2.29. The third-order valence-corrected chi connectivity index (χ3v) is 6.93.